The van der Waals surface area contributed by atoms with Gasteiger partial charge in [0.05, 0.1) is 0 Å². The van der Waals surface area contributed by atoms with Gasteiger partial charge in [-0.2, -0.15) is 0 Å². The largest absolute Gasteiger partial charge is 0.313 e. The van der Waals surface area contributed by atoms with Crippen LogP contribution in [-0.4, -0.2) is 7.05 Å². The van der Waals surface area contributed by atoms with Crippen molar-refractivity contribution in [3.8, 4) is 0 Å². The third kappa shape index (κ3) is 4.62. The van der Waals surface area contributed by atoms with Crippen molar-refractivity contribution in [2.75, 3.05) is 7.05 Å². The second-order valence-corrected chi connectivity index (χ2v) is 6.02. The number of hydrogen-bond donors (Lipinski definition) is 1. The Hall–Kier alpha value is -0.870. The lowest BCUT2D eigenvalue weighted by Crippen LogP contribution is -2.16. The summed E-state index contributed by atoms with van der Waals surface area (Å²) in [6, 6.07) is 20.0. The molecule has 1 nitrogen and oxygen atoms in total. The maximum atomic E-state index is 3.41. The lowest BCUT2D eigenvalue weighted by Gasteiger charge is -2.16. The SMILES string of the molecule is CNC(CCCc1ccc(I)cc1)c1ccccc1. The Bertz CT molecular complexity index is 478. The van der Waals surface area contributed by atoms with E-state index in [0.717, 1.165) is 6.42 Å². The molecule has 0 saturated heterocycles. The molecule has 0 fully saturated rings. The Kier molecular flexibility index (Phi) is 5.86. The molecule has 0 heterocycles. The summed E-state index contributed by atoms with van der Waals surface area (Å²) in [5.74, 6) is 0. The summed E-state index contributed by atoms with van der Waals surface area (Å²) in [4.78, 5) is 0. The first-order valence-electron chi connectivity index (χ1n) is 6.76. The number of hydrogen-bond acceptors (Lipinski definition) is 1. The summed E-state index contributed by atoms with van der Waals surface area (Å²) in [5, 5.41) is 3.41. The molecule has 0 amide bonds. The van der Waals surface area contributed by atoms with Crippen molar-refractivity contribution in [2.24, 2.45) is 0 Å². The molecule has 0 saturated carbocycles. The minimum Gasteiger partial charge on any atom is -0.313 e. The fraction of sp³-hybridized carbons (Fsp3) is 0.294. The highest BCUT2D eigenvalue weighted by atomic mass is 127. The van der Waals surface area contributed by atoms with Gasteiger partial charge in [0.1, 0.15) is 0 Å². The molecule has 19 heavy (non-hydrogen) atoms. The number of nitrogens with one attached hydrogen (secondary N) is 1. The molecule has 0 spiro atoms. The summed E-state index contributed by atoms with van der Waals surface area (Å²) in [6.45, 7) is 0. The maximum Gasteiger partial charge on any atom is 0.0317 e. The van der Waals surface area contributed by atoms with Crippen molar-refractivity contribution in [1.82, 2.24) is 5.32 Å². The average Bonchev–Trinajstić information content (AvgIpc) is 2.46. The van der Waals surface area contributed by atoms with Gasteiger partial charge in [-0.1, -0.05) is 42.5 Å². The third-order valence-corrected chi connectivity index (χ3v) is 4.14. The van der Waals surface area contributed by atoms with Crippen LogP contribution < -0.4 is 5.32 Å². The van der Waals surface area contributed by atoms with E-state index in [0.29, 0.717) is 6.04 Å². The van der Waals surface area contributed by atoms with E-state index in [1.165, 1.54) is 27.5 Å². The van der Waals surface area contributed by atoms with Crippen LogP contribution in [0.25, 0.3) is 0 Å². The standard InChI is InChI=1S/C17H20IN/c1-19-17(15-7-3-2-4-8-15)9-5-6-14-10-12-16(18)13-11-14/h2-4,7-8,10-13,17,19H,5-6,9H2,1H3. The predicted octanol–water partition coefficient (Wildman–Crippen LogP) is 4.57. The smallest absolute Gasteiger partial charge is 0.0317 e. The molecule has 0 radical (unpaired) electrons. The van der Waals surface area contributed by atoms with Crippen LogP contribution in [0.5, 0.6) is 0 Å². The van der Waals surface area contributed by atoms with Crippen LogP contribution in [0.3, 0.4) is 0 Å². The Morgan fingerprint density at radius 2 is 1.68 bits per heavy atom. The van der Waals surface area contributed by atoms with E-state index in [4.69, 9.17) is 0 Å². The molecule has 0 aliphatic rings. The number of rotatable bonds is 6. The van der Waals surface area contributed by atoms with Gasteiger partial charge in [0.15, 0.2) is 0 Å². The number of benzene rings is 2. The first-order valence-corrected chi connectivity index (χ1v) is 7.84. The maximum absolute atomic E-state index is 3.41. The quantitative estimate of drug-likeness (QED) is 0.740. The van der Waals surface area contributed by atoms with Gasteiger partial charge in [0.25, 0.3) is 0 Å². The van der Waals surface area contributed by atoms with Gasteiger partial charge in [-0.15, -0.1) is 0 Å². The first-order chi connectivity index (χ1) is 9.29. The van der Waals surface area contributed by atoms with Gasteiger partial charge in [-0.25, -0.2) is 0 Å². The summed E-state index contributed by atoms with van der Waals surface area (Å²) in [6.07, 6.45) is 3.54. The van der Waals surface area contributed by atoms with Crippen LogP contribution in [0.2, 0.25) is 0 Å². The van der Waals surface area contributed by atoms with E-state index in [2.05, 4.69) is 82.5 Å². The average molecular weight is 365 g/mol. The monoisotopic (exact) mass is 365 g/mol. The highest BCUT2D eigenvalue weighted by Gasteiger charge is 2.07. The van der Waals surface area contributed by atoms with Gasteiger partial charge in [-0.05, 0) is 72.2 Å². The van der Waals surface area contributed by atoms with E-state index >= 15 is 0 Å². The van der Waals surface area contributed by atoms with Gasteiger partial charge in [-0.3, -0.25) is 0 Å². The molecule has 0 bridgehead atoms. The molecule has 0 aliphatic carbocycles. The summed E-state index contributed by atoms with van der Waals surface area (Å²) < 4.78 is 1.30. The Morgan fingerprint density at radius 3 is 2.32 bits per heavy atom. The molecule has 2 rings (SSSR count). The Balaban J connectivity index is 1.85. The van der Waals surface area contributed by atoms with Crippen molar-refractivity contribution in [3.63, 3.8) is 0 Å². The highest BCUT2D eigenvalue weighted by molar-refractivity contribution is 14.1. The molecule has 0 aromatic heterocycles. The van der Waals surface area contributed by atoms with Crippen molar-refractivity contribution in [3.05, 3.63) is 69.3 Å². The summed E-state index contributed by atoms with van der Waals surface area (Å²) >= 11 is 2.35. The molecular weight excluding hydrogens is 345 g/mol. The molecule has 100 valence electrons. The minimum atomic E-state index is 0.463. The van der Waals surface area contributed by atoms with Crippen LogP contribution >= 0.6 is 22.6 Å². The molecular formula is C17H20IN. The molecule has 1 unspecified atom stereocenters. The van der Waals surface area contributed by atoms with E-state index in [1.54, 1.807) is 0 Å². The predicted molar refractivity (Wildman–Crippen MR) is 90.3 cm³/mol. The lowest BCUT2D eigenvalue weighted by molar-refractivity contribution is 0.527. The topological polar surface area (TPSA) is 12.0 Å². The molecule has 2 heteroatoms. The number of aryl methyl sites for hydroxylation is 1. The highest BCUT2D eigenvalue weighted by Crippen LogP contribution is 2.19. The Labute approximate surface area is 129 Å². The van der Waals surface area contributed by atoms with Crippen molar-refractivity contribution in [1.29, 1.82) is 0 Å². The summed E-state index contributed by atoms with van der Waals surface area (Å²) in [5.41, 5.74) is 2.82. The second-order valence-electron chi connectivity index (χ2n) is 4.77. The molecule has 2 aromatic rings. The van der Waals surface area contributed by atoms with Gasteiger partial charge >= 0.3 is 0 Å². The Morgan fingerprint density at radius 1 is 1.00 bits per heavy atom. The zero-order valence-electron chi connectivity index (χ0n) is 11.3. The normalized spacial score (nSPS) is 12.3. The zero-order chi connectivity index (χ0) is 13.5. The summed E-state index contributed by atoms with van der Waals surface area (Å²) in [7, 11) is 2.04. The van der Waals surface area contributed by atoms with Crippen molar-refractivity contribution >= 4 is 22.6 Å². The van der Waals surface area contributed by atoms with Crippen LogP contribution in [0, 0.1) is 3.57 Å². The van der Waals surface area contributed by atoms with Crippen LogP contribution in [0.15, 0.2) is 54.6 Å². The molecule has 1 N–H and O–H groups in total. The molecule has 1 atom stereocenters. The van der Waals surface area contributed by atoms with Crippen molar-refractivity contribution < 1.29 is 0 Å². The van der Waals surface area contributed by atoms with Crippen LogP contribution in [-0.2, 0) is 6.42 Å². The van der Waals surface area contributed by atoms with E-state index in [9.17, 15) is 0 Å². The minimum absolute atomic E-state index is 0.463. The van der Waals surface area contributed by atoms with E-state index < -0.39 is 0 Å². The van der Waals surface area contributed by atoms with Crippen LogP contribution in [0.1, 0.15) is 30.0 Å². The van der Waals surface area contributed by atoms with E-state index in [-0.39, 0.29) is 0 Å². The molecule has 0 aliphatic heterocycles. The van der Waals surface area contributed by atoms with Crippen LogP contribution in [0.4, 0.5) is 0 Å². The van der Waals surface area contributed by atoms with Crippen molar-refractivity contribution in [2.45, 2.75) is 25.3 Å². The van der Waals surface area contributed by atoms with Gasteiger partial charge in [0.2, 0.25) is 0 Å². The first kappa shape index (κ1) is 14.5. The fourth-order valence-electron chi connectivity index (χ4n) is 2.32. The van der Waals surface area contributed by atoms with Gasteiger partial charge in [0, 0.05) is 9.61 Å². The second kappa shape index (κ2) is 7.65. The lowest BCUT2D eigenvalue weighted by atomic mass is 9.99. The third-order valence-electron chi connectivity index (χ3n) is 3.42. The molecule has 2 aromatic carbocycles. The fourth-order valence-corrected chi connectivity index (χ4v) is 2.68. The van der Waals surface area contributed by atoms with E-state index in [1.807, 2.05) is 7.05 Å². The van der Waals surface area contributed by atoms with Gasteiger partial charge < -0.3 is 5.32 Å². The zero-order valence-corrected chi connectivity index (χ0v) is 13.4. The number of halogens is 1.